The van der Waals surface area contributed by atoms with E-state index in [1.807, 2.05) is 0 Å². The van der Waals surface area contributed by atoms with Crippen LogP contribution in [-0.4, -0.2) is 57.4 Å². The van der Waals surface area contributed by atoms with Gasteiger partial charge in [-0.3, -0.25) is 0 Å². The van der Waals surface area contributed by atoms with Crippen LogP contribution in [-0.2, 0) is 23.3 Å². The van der Waals surface area contributed by atoms with Gasteiger partial charge in [0.05, 0.1) is 22.4 Å². The highest BCUT2D eigenvalue weighted by molar-refractivity contribution is 9.10. The summed E-state index contributed by atoms with van der Waals surface area (Å²) in [6.45, 7) is 25.5. The summed E-state index contributed by atoms with van der Waals surface area (Å²) in [6.07, 6.45) is 0.969. The SMILES string of the molecule is Brc1cccc(-c2ccc(N(c3ccc(-c4ccccc4)cc3)c3ccc(-c4ccccc4)cc3)cc2)c1.C.CC1(C)CB(B2OC(C)(C)C(C)(C)O2)OC1(C)C.CC1(C)OB(c2cccc(-c3ccc(N(c4ccc(-c5ccccc5)cc4)c4ccc(-c5ccccc5)cc4)cc3)c2)OC1(C)C.[B]. The first-order valence-electron chi connectivity index (χ1n) is 35.6. The second-order valence-electron chi connectivity index (χ2n) is 30.0. The summed E-state index contributed by atoms with van der Waals surface area (Å²) in [5.74, 6) is 0. The molecule has 0 aliphatic carbocycles. The zero-order valence-corrected chi connectivity index (χ0v) is 62.9. The summed E-state index contributed by atoms with van der Waals surface area (Å²) >= 11 is 3.60. The Bertz CT molecular complexity index is 4510. The largest absolute Gasteiger partial charge is 0.494 e. The quantitative estimate of drug-likeness (QED) is 0.101. The van der Waals surface area contributed by atoms with E-state index in [4.69, 9.17) is 23.3 Å². The first kappa shape index (κ1) is 75.9. The minimum absolute atomic E-state index is 0. The first-order chi connectivity index (χ1) is 48.9. The fraction of sp³-hybridized carbons (Fsp3) is 0.217. The van der Waals surface area contributed by atoms with Crippen LogP contribution in [0.15, 0.2) is 320 Å². The van der Waals surface area contributed by atoms with Crippen LogP contribution >= 0.6 is 15.9 Å². The molecule has 12 aromatic carbocycles. The maximum atomic E-state index is 6.33. The van der Waals surface area contributed by atoms with Crippen molar-refractivity contribution in [3.63, 3.8) is 0 Å². The normalized spacial score (nSPS) is 16.1. The number of hydrogen-bond donors (Lipinski definition) is 0. The van der Waals surface area contributed by atoms with E-state index in [9.17, 15) is 0 Å². The summed E-state index contributed by atoms with van der Waals surface area (Å²) in [6, 6.07) is 112. The van der Waals surface area contributed by atoms with Gasteiger partial charge in [0.1, 0.15) is 0 Å². The van der Waals surface area contributed by atoms with Crippen LogP contribution in [0.25, 0.3) is 66.8 Å². The lowest BCUT2D eigenvalue weighted by molar-refractivity contribution is 0.00578. The minimum atomic E-state index is -0.391. The average Bonchev–Trinajstić information content (AvgIpc) is 1.66. The lowest BCUT2D eigenvalue weighted by Crippen LogP contribution is -2.41. The first-order valence-corrected chi connectivity index (χ1v) is 36.4. The van der Waals surface area contributed by atoms with Crippen molar-refractivity contribution in [2.24, 2.45) is 5.41 Å². The molecule has 0 bridgehead atoms. The number of halogens is 1. The third-order valence-corrected chi connectivity index (χ3v) is 21.9. The molecule has 7 nitrogen and oxygen atoms in total. The summed E-state index contributed by atoms with van der Waals surface area (Å²) < 4.78 is 32.1. The number of anilines is 6. The Morgan fingerprint density at radius 3 is 0.798 bits per heavy atom. The van der Waals surface area contributed by atoms with Gasteiger partial charge in [0.15, 0.2) is 0 Å². The van der Waals surface area contributed by atoms with Gasteiger partial charge in [0.2, 0.25) is 0 Å². The molecule has 0 spiro atoms. The maximum absolute atomic E-state index is 6.33. The standard InChI is InChI=1S/C42H38BNO2.C36H26BrN.C13H26B2O3.CH4.B/c1-41(2)42(3,4)46-43(45-41)37-17-11-16-36(30-37)35-22-28-40(29-23-35)44(38-24-18-33(19-25-38)31-12-7-5-8-13-31)39-26-20-34(21-27-39)32-14-9-6-10-15-32;37-33-13-7-12-32(26-33)31-18-24-36(25-19-31)38(34-20-14-29(15-21-34)27-8-3-1-4-9-27)35-22-16-30(17-23-35)28-10-5-2-6-11-28;1-10(2)9-14(16-11(10,3)4)15-17-12(5,6)13(7,8)18-15;;/h5-30H,1-4H3;1-26H;9H2,1-8H3;1H4;. The van der Waals surface area contributed by atoms with Gasteiger partial charge in [0, 0.05) is 52.6 Å². The van der Waals surface area contributed by atoms with Crippen LogP contribution in [0.2, 0.25) is 6.32 Å². The molecule has 3 aliphatic heterocycles. The van der Waals surface area contributed by atoms with E-state index in [-0.39, 0.29) is 63.1 Å². The zero-order chi connectivity index (χ0) is 71.4. The molecule has 0 unspecified atom stereocenters. The van der Waals surface area contributed by atoms with Crippen LogP contribution in [0.1, 0.15) is 90.5 Å². The molecule has 0 saturated carbocycles. The molecule has 3 fully saturated rings. The third-order valence-electron chi connectivity index (χ3n) is 21.4. The van der Waals surface area contributed by atoms with Gasteiger partial charge in [-0.25, -0.2) is 0 Å². The Balaban J connectivity index is 0.000000168. The Hall–Kier alpha value is -9.22. The summed E-state index contributed by atoms with van der Waals surface area (Å²) in [4.78, 5) is 4.63. The molecule has 3 radical (unpaired) electrons. The van der Waals surface area contributed by atoms with Crippen molar-refractivity contribution in [3.05, 3.63) is 320 Å². The molecule has 3 saturated heterocycles. The van der Waals surface area contributed by atoms with E-state index in [1.165, 1.54) is 55.6 Å². The topological polar surface area (TPSA) is 52.6 Å². The van der Waals surface area contributed by atoms with Crippen LogP contribution in [0, 0.1) is 5.41 Å². The summed E-state index contributed by atoms with van der Waals surface area (Å²) in [5, 5.41) is 0. The second kappa shape index (κ2) is 31.6. The summed E-state index contributed by atoms with van der Waals surface area (Å²) in [5.41, 5.74) is 20.7. The number of rotatable bonds is 14. The average molecular weight is 1430 g/mol. The highest BCUT2D eigenvalue weighted by Crippen LogP contribution is 2.49. The minimum Gasteiger partial charge on any atom is -0.431 e. The van der Waals surface area contributed by atoms with Gasteiger partial charge in [-0.15, -0.1) is 0 Å². The van der Waals surface area contributed by atoms with Crippen molar-refractivity contribution >= 4 is 84.9 Å². The van der Waals surface area contributed by atoms with Crippen LogP contribution in [0.3, 0.4) is 0 Å². The lowest BCUT2D eigenvalue weighted by Gasteiger charge is -2.34. The zero-order valence-electron chi connectivity index (χ0n) is 61.4. The molecule has 12 heteroatoms. The van der Waals surface area contributed by atoms with Gasteiger partial charge in [0.25, 0.3) is 0 Å². The van der Waals surface area contributed by atoms with E-state index >= 15 is 0 Å². The van der Waals surface area contributed by atoms with Crippen LogP contribution < -0.4 is 15.3 Å². The Labute approximate surface area is 630 Å². The molecule has 3 heterocycles. The Kier molecular flexibility index (Phi) is 23.1. The maximum Gasteiger partial charge on any atom is 0.494 e. The molecule has 0 amide bonds. The monoisotopic (exact) mass is 1430 g/mol. The van der Waals surface area contributed by atoms with Crippen molar-refractivity contribution in [2.75, 3.05) is 9.80 Å². The molecule has 0 aromatic heterocycles. The number of benzene rings is 12. The van der Waals surface area contributed by atoms with Gasteiger partial charge in [-0.1, -0.05) is 268 Å². The van der Waals surface area contributed by atoms with Crippen molar-refractivity contribution in [1.29, 1.82) is 0 Å². The van der Waals surface area contributed by atoms with Crippen molar-refractivity contribution in [1.82, 2.24) is 0 Å². The highest BCUT2D eigenvalue weighted by atomic mass is 79.9. The highest BCUT2D eigenvalue weighted by Gasteiger charge is 2.61. The van der Waals surface area contributed by atoms with Crippen molar-refractivity contribution < 1.29 is 23.3 Å². The van der Waals surface area contributed by atoms with Crippen LogP contribution in [0.4, 0.5) is 34.1 Å². The predicted molar refractivity (Wildman–Crippen MR) is 446 cm³/mol. The Morgan fingerprint density at radius 1 is 0.269 bits per heavy atom. The fourth-order valence-electron chi connectivity index (χ4n) is 13.3. The second-order valence-corrected chi connectivity index (χ2v) is 30.9. The van der Waals surface area contributed by atoms with Crippen molar-refractivity contribution in [3.8, 4) is 66.8 Å². The van der Waals surface area contributed by atoms with Gasteiger partial charge in [-0.05, 0) is 238 Å². The molecule has 12 aromatic rings. The lowest BCUT2D eigenvalue weighted by atomic mass is 9.33. The van der Waals surface area contributed by atoms with Crippen molar-refractivity contribution in [2.45, 2.75) is 125 Å². The fourth-order valence-corrected chi connectivity index (χ4v) is 13.7. The van der Waals surface area contributed by atoms with E-state index < -0.39 is 7.12 Å². The molecule has 521 valence electrons. The van der Waals surface area contributed by atoms with Gasteiger partial charge >= 0.3 is 20.9 Å². The molecule has 0 N–H and O–H groups in total. The van der Waals surface area contributed by atoms with Gasteiger partial charge < -0.3 is 33.1 Å². The van der Waals surface area contributed by atoms with Gasteiger partial charge in [-0.2, -0.15) is 0 Å². The van der Waals surface area contributed by atoms with E-state index in [0.717, 1.165) is 61.5 Å². The van der Waals surface area contributed by atoms with E-state index in [1.54, 1.807) is 0 Å². The Morgan fingerprint density at radius 2 is 0.519 bits per heavy atom. The molecule has 104 heavy (non-hydrogen) atoms. The van der Waals surface area contributed by atoms with Crippen LogP contribution in [0.5, 0.6) is 0 Å². The molecular weight excluding hydrogens is 1340 g/mol. The number of hydrogen-bond acceptors (Lipinski definition) is 7. The van der Waals surface area contributed by atoms with E-state index in [0.29, 0.717) is 0 Å². The molecule has 0 atom stereocenters. The molecular formula is C92H94B4BrN2O5. The summed E-state index contributed by atoms with van der Waals surface area (Å²) in [7, 11) is -0.645. The van der Waals surface area contributed by atoms with E-state index in [2.05, 4.69) is 424 Å². The predicted octanol–water partition coefficient (Wildman–Crippen LogP) is 24.6. The smallest absolute Gasteiger partial charge is 0.431 e. The molecule has 15 rings (SSSR count). The molecule has 3 aliphatic rings. The number of nitrogens with zero attached hydrogens (tertiary/aromatic N) is 2. The third kappa shape index (κ3) is 16.8.